The number of ether oxygens (including phenoxy) is 3. The van der Waals surface area contributed by atoms with Crippen molar-refractivity contribution in [1.29, 1.82) is 0 Å². The van der Waals surface area contributed by atoms with Crippen LogP contribution in [0, 0.1) is 6.92 Å². The van der Waals surface area contributed by atoms with E-state index in [1.54, 1.807) is 18.0 Å². The molecule has 1 amide bonds. The summed E-state index contributed by atoms with van der Waals surface area (Å²) in [5, 5.41) is 4.04. The lowest BCUT2D eigenvalue weighted by Crippen LogP contribution is -2.46. The number of aryl methyl sites for hydroxylation is 1. The van der Waals surface area contributed by atoms with E-state index in [-0.39, 0.29) is 5.91 Å². The number of carbonyl (C=O) groups is 1. The summed E-state index contributed by atoms with van der Waals surface area (Å²) in [4.78, 5) is 27.7. The lowest BCUT2D eigenvalue weighted by molar-refractivity contribution is -0.142. The molecule has 5 rings (SSSR count). The van der Waals surface area contributed by atoms with Gasteiger partial charge in [0.05, 0.1) is 30.3 Å². The Morgan fingerprint density at radius 3 is 2.53 bits per heavy atom. The van der Waals surface area contributed by atoms with Crippen molar-refractivity contribution in [2.45, 2.75) is 20.0 Å². The summed E-state index contributed by atoms with van der Waals surface area (Å²) in [7, 11) is 0. The second-order valence-electron chi connectivity index (χ2n) is 8.46. The van der Waals surface area contributed by atoms with E-state index in [1.165, 1.54) is 6.33 Å². The number of hydrogen-bond donors (Lipinski definition) is 1. The summed E-state index contributed by atoms with van der Waals surface area (Å²) in [6, 6.07) is 16.9. The van der Waals surface area contributed by atoms with E-state index < -0.39 is 6.10 Å². The van der Waals surface area contributed by atoms with Gasteiger partial charge in [-0.2, -0.15) is 0 Å². The first kappa shape index (κ1) is 23.5. The first-order valence-corrected chi connectivity index (χ1v) is 11.8. The minimum atomic E-state index is -0.658. The van der Waals surface area contributed by atoms with Crippen molar-refractivity contribution in [3.8, 4) is 17.2 Å². The third-order valence-corrected chi connectivity index (χ3v) is 5.84. The highest BCUT2D eigenvalue weighted by Crippen LogP contribution is 2.33. The molecule has 0 radical (unpaired) electrons. The van der Waals surface area contributed by atoms with Gasteiger partial charge >= 0.3 is 0 Å². The molecule has 0 aliphatic carbocycles. The third kappa shape index (κ3) is 5.36. The van der Waals surface area contributed by atoms with Crippen molar-refractivity contribution in [3.63, 3.8) is 0 Å². The molecule has 1 fully saturated rings. The van der Waals surface area contributed by atoms with Gasteiger partial charge in [-0.3, -0.25) is 9.78 Å². The number of nitrogens with one attached hydrogen (secondary N) is 1. The Bertz CT molecular complexity index is 1330. The summed E-state index contributed by atoms with van der Waals surface area (Å²) in [5.74, 6) is 2.42. The van der Waals surface area contributed by atoms with Crippen molar-refractivity contribution in [3.05, 3.63) is 72.8 Å². The smallest absolute Gasteiger partial charge is 0.263 e. The Morgan fingerprint density at radius 2 is 1.78 bits per heavy atom. The zero-order chi connectivity index (χ0) is 24.9. The molecule has 2 aromatic carbocycles. The van der Waals surface area contributed by atoms with Crippen molar-refractivity contribution >= 4 is 28.3 Å². The van der Waals surface area contributed by atoms with E-state index in [0.717, 1.165) is 11.4 Å². The number of carbonyl (C=O) groups excluding carboxylic acids is 1. The van der Waals surface area contributed by atoms with Gasteiger partial charge in [0, 0.05) is 24.5 Å². The first-order chi connectivity index (χ1) is 17.6. The lowest BCUT2D eigenvalue weighted by atomic mass is 10.2. The van der Waals surface area contributed by atoms with Gasteiger partial charge < -0.3 is 24.4 Å². The lowest BCUT2D eigenvalue weighted by Gasteiger charge is -2.29. The van der Waals surface area contributed by atoms with Crippen LogP contribution in [-0.2, 0) is 9.53 Å². The molecule has 184 valence electrons. The van der Waals surface area contributed by atoms with Gasteiger partial charge in [0.15, 0.2) is 6.10 Å². The van der Waals surface area contributed by atoms with Crippen LogP contribution in [0.2, 0.25) is 0 Å². The standard InChI is InChI=1S/C27H27N5O4/c1-18-6-9-22(16-28-18)36-21-10-7-20(8-11-21)31-26-25-23(29-17-30-26)4-3-5-24(25)35-19(2)27(33)32-12-14-34-15-13-32/h3-11,16-17,19H,12-15H2,1-2H3,(H,29,30,31)/t19-/m1/s1. The third-order valence-electron chi connectivity index (χ3n) is 5.84. The van der Waals surface area contributed by atoms with E-state index >= 15 is 0 Å². The number of aromatic nitrogens is 3. The number of anilines is 2. The molecule has 9 nitrogen and oxygen atoms in total. The number of nitrogens with zero attached hydrogens (tertiary/aromatic N) is 4. The molecular weight excluding hydrogens is 458 g/mol. The largest absolute Gasteiger partial charge is 0.480 e. The number of morpholine rings is 1. The monoisotopic (exact) mass is 485 g/mol. The van der Waals surface area contributed by atoms with Gasteiger partial charge in [0.25, 0.3) is 5.91 Å². The minimum Gasteiger partial charge on any atom is -0.480 e. The molecule has 0 bridgehead atoms. The Balaban J connectivity index is 1.34. The highest BCUT2D eigenvalue weighted by Gasteiger charge is 2.25. The van der Waals surface area contributed by atoms with Crippen LogP contribution < -0.4 is 14.8 Å². The molecule has 1 atom stereocenters. The van der Waals surface area contributed by atoms with Crippen molar-refractivity contribution in [2.24, 2.45) is 0 Å². The van der Waals surface area contributed by atoms with Gasteiger partial charge in [0.2, 0.25) is 0 Å². The molecule has 0 unspecified atom stereocenters. The fraction of sp³-hybridized carbons (Fsp3) is 0.259. The van der Waals surface area contributed by atoms with Crippen LogP contribution in [0.25, 0.3) is 10.9 Å². The highest BCUT2D eigenvalue weighted by molar-refractivity contribution is 5.96. The van der Waals surface area contributed by atoms with Crippen LogP contribution in [0.3, 0.4) is 0 Å². The zero-order valence-corrected chi connectivity index (χ0v) is 20.2. The predicted octanol–water partition coefficient (Wildman–Crippen LogP) is 4.50. The summed E-state index contributed by atoms with van der Waals surface area (Å²) in [5.41, 5.74) is 2.46. The number of amides is 1. The highest BCUT2D eigenvalue weighted by atomic mass is 16.5. The molecule has 1 N–H and O–H groups in total. The van der Waals surface area contributed by atoms with E-state index in [9.17, 15) is 4.79 Å². The summed E-state index contributed by atoms with van der Waals surface area (Å²) in [6.45, 7) is 5.91. The van der Waals surface area contributed by atoms with Crippen LogP contribution >= 0.6 is 0 Å². The minimum absolute atomic E-state index is 0.0685. The molecule has 1 aliphatic heterocycles. The number of hydrogen-bond acceptors (Lipinski definition) is 8. The Kier molecular flexibility index (Phi) is 6.90. The number of pyridine rings is 1. The number of benzene rings is 2. The van der Waals surface area contributed by atoms with Gasteiger partial charge in [-0.1, -0.05) is 6.07 Å². The quantitative estimate of drug-likeness (QED) is 0.409. The van der Waals surface area contributed by atoms with Gasteiger partial charge in [-0.15, -0.1) is 0 Å². The molecule has 36 heavy (non-hydrogen) atoms. The summed E-state index contributed by atoms with van der Waals surface area (Å²) >= 11 is 0. The zero-order valence-electron chi connectivity index (χ0n) is 20.2. The van der Waals surface area contributed by atoms with Crippen molar-refractivity contribution in [2.75, 3.05) is 31.6 Å². The molecule has 0 spiro atoms. The van der Waals surface area contributed by atoms with Gasteiger partial charge in [-0.05, 0) is 62.4 Å². The van der Waals surface area contributed by atoms with Crippen LogP contribution in [-0.4, -0.2) is 58.2 Å². The fourth-order valence-corrected chi connectivity index (χ4v) is 3.95. The van der Waals surface area contributed by atoms with E-state index in [4.69, 9.17) is 14.2 Å². The Hall–Kier alpha value is -4.24. The second kappa shape index (κ2) is 10.6. The topological polar surface area (TPSA) is 98.7 Å². The summed E-state index contributed by atoms with van der Waals surface area (Å²) < 4.78 is 17.4. The molecule has 0 saturated carbocycles. The Morgan fingerprint density at radius 1 is 1.00 bits per heavy atom. The maximum atomic E-state index is 12.9. The number of rotatable bonds is 7. The molecule has 1 aliphatic rings. The predicted molar refractivity (Wildman–Crippen MR) is 136 cm³/mol. The number of fused-ring (bicyclic) bond motifs is 1. The summed E-state index contributed by atoms with van der Waals surface area (Å²) in [6.07, 6.45) is 2.54. The van der Waals surface area contributed by atoms with E-state index in [0.29, 0.717) is 60.3 Å². The molecule has 1 saturated heterocycles. The second-order valence-corrected chi connectivity index (χ2v) is 8.46. The SMILES string of the molecule is Cc1ccc(Oc2ccc(Nc3ncnc4cccc(O[C@H](C)C(=O)N5CCOCC5)c34)cc2)cn1. The van der Waals surface area contributed by atoms with Gasteiger partial charge in [0.1, 0.15) is 29.4 Å². The maximum Gasteiger partial charge on any atom is 0.263 e. The van der Waals surface area contributed by atoms with E-state index in [2.05, 4.69) is 20.3 Å². The van der Waals surface area contributed by atoms with Crippen LogP contribution in [0.5, 0.6) is 17.2 Å². The maximum absolute atomic E-state index is 12.9. The van der Waals surface area contributed by atoms with Crippen LogP contribution in [0.4, 0.5) is 11.5 Å². The normalized spacial score (nSPS) is 14.3. The average molecular weight is 486 g/mol. The van der Waals surface area contributed by atoms with Gasteiger partial charge in [-0.25, -0.2) is 9.97 Å². The molecular formula is C27H27N5O4. The van der Waals surface area contributed by atoms with Crippen molar-refractivity contribution < 1.29 is 19.0 Å². The molecule has 3 heterocycles. The fourth-order valence-electron chi connectivity index (χ4n) is 3.95. The molecule has 4 aromatic rings. The first-order valence-electron chi connectivity index (χ1n) is 11.8. The van der Waals surface area contributed by atoms with Crippen molar-refractivity contribution in [1.82, 2.24) is 19.9 Å². The molecule has 2 aromatic heterocycles. The van der Waals surface area contributed by atoms with Crippen LogP contribution in [0.15, 0.2) is 67.1 Å². The average Bonchev–Trinajstić information content (AvgIpc) is 2.91. The Labute approximate surface area is 209 Å². The van der Waals surface area contributed by atoms with Crippen LogP contribution in [0.1, 0.15) is 12.6 Å². The van der Waals surface area contributed by atoms with E-state index in [1.807, 2.05) is 61.5 Å². The molecule has 9 heteroatoms.